The highest BCUT2D eigenvalue weighted by Crippen LogP contribution is 2.54. The quantitative estimate of drug-likeness (QED) is 0.560. The van der Waals surface area contributed by atoms with Crippen molar-refractivity contribution in [3.8, 4) is 0 Å². The molecule has 66 valence electrons. The minimum Gasteiger partial charge on any atom is -0.115 e. The highest BCUT2D eigenvalue weighted by atomic mass is 31.1. The molecule has 2 atom stereocenters. The van der Waals surface area contributed by atoms with Crippen LogP contribution in [0.4, 0.5) is 0 Å². The topological polar surface area (TPSA) is 0 Å². The monoisotopic (exact) mass is 172 g/mol. The van der Waals surface area contributed by atoms with E-state index in [0.29, 0.717) is 0 Å². The van der Waals surface area contributed by atoms with Crippen molar-refractivity contribution in [1.82, 2.24) is 0 Å². The third-order valence-corrected chi connectivity index (χ3v) is 6.11. The van der Waals surface area contributed by atoms with E-state index in [0.717, 1.165) is 29.1 Å². The molecule has 0 radical (unpaired) electrons. The summed E-state index contributed by atoms with van der Waals surface area (Å²) in [5.41, 5.74) is 2.09. The third kappa shape index (κ3) is 1.78. The van der Waals surface area contributed by atoms with Gasteiger partial charge in [-0.15, -0.1) is 8.58 Å². The second kappa shape index (κ2) is 3.44. The first-order valence-corrected chi connectivity index (χ1v) is 5.95. The molecule has 1 aliphatic heterocycles. The average molecular weight is 172 g/mol. The van der Waals surface area contributed by atoms with Crippen LogP contribution in [0.25, 0.3) is 0 Å². The summed E-state index contributed by atoms with van der Waals surface area (Å²) in [6.45, 7) is 11.9. The molecular weight excluding hydrogens is 151 g/mol. The largest absolute Gasteiger partial charge is 0.115 e. The van der Waals surface area contributed by atoms with Gasteiger partial charge in [0.05, 0.1) is 0 Å². The van der Waals surface area contributed by atoms with Crippen molar-refractivity contribution in [1.29, 1.82) is 0 Å². The van der Waals surface area contributed by atoms with Gasteiger partial charge in [-0.25, -0.2) is 0 Å². The lowest BCUT2D eigenvalue weighted by Gasteiger charge is -2.47. The SMILES string of the molecule is CC(C)C1PC(C(C)C)C1C. The molecule has 0 aromatic rings. The van der Waals surface area contributed by atoms with Crippen LogP contribution >= 0.6 is 8.58 Å². The van der Waals surface area contributed by atoms with Crippen LogP contribution in [-0.4, -0.2) is 11.3 Å². The number of hydrogen-bond donors (Lipinski definition) is 0. The van der Waals surface area contributed by atoms with Gasteiger partial charge in [0.1, 0.15) is 0 Å². The molecule has 11 heavy (non-hydrogen) atoms. The van der Waals surface area contributed by atoms with E-state index in [2.05, 4.69) is 34.6 Å². The molecule has 1 fully saturated rings. The van der Waals surface area contributed by atoms with Gasteiger partial charge in [0.25, 0.3) is 0 Å². The van der Waals surface area contributed by atoms with Gasteiger partial charge >= 0.3 is 0 Å². The zero-order chi connectivity index (χ0) is 8.59. The molecule has 1 rings (SSSR count). The molecule has 0 aromatic heterocycles. The Morgan fingerprint density at radius 3 is 1.45 bits per heavy atom. The Hall–Kier alpha value is 0.430. The summed E-state index contributed by atoms with van der Waals surface area (Å²) in [6.07, 6.45) is 0. The van der Waals surface area contributed by atoms with Gasteiger partial charge in [-0.1, -0.05) is 34.6 Å². The molecule has 0 bridgehead atoms. The van der Waals surface area contributed by atoms with Crippen LogP contribution in [0.2, 0.25) is 0 Å². The lowest BCUT2D eigenvalue weighted by atomic mass is 9.88. The fraction of sp³-hybridized carbons (Fsp3) is 1.00. The minimum absolute atomic E-state index is 0.915. The highest BCUT2D eigenvalue weighted by Gasteiger charge is 2.40. The maximum Gasteiger partial charge on any atom is -0.0179 e. The van der Waals surface area contributed by atoms with Crippen LogP contribution in [0.1, 0.15) is 34.6 Å². The zero-order valence-corrected chi connectivity index (χ0v) is 9.39. The molecule has 0 aromatic carbocycles. The maximum atomic E-state index is 2.44. The Labute approximate surface area is 72.9 Å². The van der Waals surface area contributed by atoms with E-state index < -0.39 is 0 Å². The Kier molecular flexibility index (Phi) is 2.97. The van der Waals surface area contributed by atoms with E-state index in [4.69, 9.17) is 0 Å². The van der Waals surface area contributed by atoms with Crippen LogP contribution in [0.3, 0.4) is 0 Å². The van der Waals surface area contributed by atoms with E-state index in [9.17, 15) is 0 Å². The summed E-state index contributed by atoms with van der Waals surface area (Å²) >= 11 is 0. The molecule has 0 saturated carbocycles. The molecular formula is C10H21P. The summed E-state index contributed by atoms with van der Waals surface area (Å²) in [5, 5.41) is 0. The summed E-state index contributed by atoms with van der Waals surface area (Å²) in [6, 6.07) is 0. The lowest BCUT2D eigenvalue weighted by molar-refractivity contribution is 0.343. The molecule has 1 saturated heterocycles. The lowest BCUT2D eigenvalue weighted by Crippen LogP contribution is -2.41. The van der Waals surface area contributed by atoms with E-state index in [1.807, 2.05) is 0 Å². The van der Waals surface area contributed by atoms with Crippen molar-refractivity contribution in [2.75, 3.05) is 0 Å². The summed E-state index contributed by atoms with van der Waals surface area (Å²) in [5.74, 6) is 2.82. The van der Waals surface area contributed by atoms with Gasteiger partial charge in [0.15, 0.2) is 0 Å². The van der Waals surface area contributed by atoms with Crippen LogP contribution in [-0.2, 0) is 0 Å². The Morgan fingerprint density at radius 2 is 1.27 bits per heavy atom. The fourth-order valence-corrected chi connectivity index (χ4v) is 4.13. The first kappa shape index (κ1) is 9.52. The van der Waals surface area contributed by atoms with Crippen LogP contribution < -0.4 is 0 Å². The smallest absolute Gasteiger partial charge is 0.0179 e. The zero-order valence-electron chi connectivity index (χ0n) is 8.39. The molecule has 1 heteroatoms. The van der Waals surface area contributed by atoms with Crippen molar-refractivity contribution in [2.45, 2.75) is 45.9 Å². The average Bonchev–Trinajstić information content (AvgIpc) is 1.82. The predicted octanol–water partition coefficient (Wildman–Crippen LogP) is 3.36. The first-order chi connectivity index (χ1) is 5.04. The Morgan fingerprint density at radius 1 is 0.909 bits per heavy atom. The summed E-state index contributed by atoms with van der Waals surface area (Å²) < 4.78 is 0. The highest BCUT2D eigenvalue weighted by molar-refractivity contribution is 7.42. The predicted molar refractivity (Wildman–Crippen MR) is 54.7 cm³/mol. The van der Waals surface area contributed by atoms with Gasteiger partial charge in [0, 0.05) is 0 Å². The second-order valence-electron chi connectivity index (χ2n) is 4.57. The molecule has 1 heterocycles. The van der Waals surface area contributed by atoms with Crippen molar-refractivity contribution in [3.05, 3.63) is 0 Å². The van der Waals surface area contributed by atoms with Gasteiger partial charge in [0.2, 0.25) is 0 Å². The van der Waals surface area contributed by atoms with E-state index in [-0.39, 0.29) is 0 Å². The molecule has 0 aliphatic carbocycles. The van der Waals surface area contributed by atoms with Gasteiger partial charge in [-0.2, -0.15) is 0 Å². The van der Waals surface area contributed by atoms with Crippen molar-refractivity contribution >= 4 is 8.58 Å². The molecule has 2 unspecified atom stereocenters. The maximum absolute atomic E-state index is 2.44. The molecule has 0 nitrogen and oxygen atoms in total. The molecule has 0 spiro atoms. The van der Waals surface area contributed by atoms with Crippen LogP contribution in [0.5, 0.6) is 0 Å². The fourth-order valence-electron chi connectivity index (χ4n) is 2.23. The van der Waals surface area contributed by atoms with Crippen LogP contribution in [0, 0.1) is 17.8 Å². The standard InChI is InChI=1S/C10H21P/c1-6(2)9-8(5)10(11-9)7(3)4/h6-11H,1-5H3. The minimum atomic E-state index is 0.915. The first-order valence-electron chi connectivity index (χ1n) is 4.80. The van der Waals surface area contributed by atoms with Crippen molar-refractivity contribution in [2.24, 2.45) is 17.8 Å². The van der Waals surface area contributed by atoms with Gasteiger partial charge in [-0.05, 0) is 29.1 Å². The van der Waals surface area contributed by atoms with Gasteiger partial charge in [-0.3, -0.25) is 0 Å². The summed E-state index contributed by atoms with van der Waals surface area (Å²) in [4.78, 5) is 0. The number of rotatable bonds is 2. The third-order valence-electron chi connectivity index (χ3n) is 2.95. The summed E-state index contributed by atoms with van der Waals surface area (Å²) in [7, 11) is 1.24. The molecule has 1 aliphatic rings. The number of hydrogen-bond acceptors (Lipinski definition) is 0. The van der Waals surface area contributed by atoms with E-state index in [1.165, 1.54) is 8.58 Å². The normalized spacial score (nSPS) is 40.1. The molecule has 0 N–H and O–H groups in total. The Bertz CT molecular complexity index is 115. The van der Waals surface area contributed by atoms with Crippen LogP contribution in [0.15, 0.2) is 0 Å². The van der Waals surface area contributed by atoms with Gasteiger partial charge < -0.3 is 0 Å². The Balaban J connectivity index is 2.38. The van der Waals surface area contributed by atoms with Crippen molar-refractivity contribution < 1.29 is 0 Å². The van der Waals surface area contributed by atoms with Crippen molar-refractivity contribution in [3.63, 3.8) is 0 Å². The van der Waals surface area contributed by atoms with E-state index in [1.54, 1.807) is 0 Å². The van der Waals surface area contributed by atoms with E-state index >= 15 is 0 Å². The molecule has 0 amide bonds. The second-order valence-corrected chi connectivity index (χ2v) is 6.23.